The summed E-state index contributed by atoms with van der Waals surface area (Å²) in [5, 5.41) is 4.22. The number of nitrogens with one attached hydrogen (secondary N) is 1. The third-order valence-electron chi connectivity index (χ3n) is 5.70. The van der Waals surface area contributed by atoms with Crippen LogP contribution in [0.4, 0.5) is 19.0 Å². The van der Waals surface area contributed by atoms with E-state index in [-0.39, 0.29) is 33.7 Å². The number of hydrogen-bond acceptors (Lipinski definition) is 6. The van der Waals surface area contributed by atoms with Crippen LogP contribution >= 0.6 is 0 Å². The second-order valence-electron chi connectivity index (χ2n) is 7.55. The molecule has 6 nitrogen and oxygen atoms in total. The number of terminal acetylenes is 1. The SMILES string of the molecule is C#Cc1c(F)c(F)cc2cccc(-c3ncc4c(N5CCNCC5)nc(OC)nc4c3F)c12. The summed E-state index contributed by atoms with van der Waals surface area (Å²) in [6, 6.07) is 5.79. The average molecular weight is 449 g/mol. The molecular weight excluding hydrogens is 431 g/mol. The van der Waals surface area contributed by atoms with Gasteiger partial charge in [0.15, 0.2) is 17.5 Å². The van der Waals surface area contributed by atoms with Crippen LogP contribution in [0.15, 0.2) is 30.5 Å². The van der Waals surface area contributed by atoms with Crippen molar-refractivity contribution >= 4 is 27.5 Å². The van der Waals surface area contributed by atoms with Gasteiger partial charge in [-0.25, -0.2) is 13.2 Å². The van der Waals surface area contributed by atoms with E-state index in [1.165, 1.54) is 13.3 Å². The molecule has 1 N–H and O–H groups in total. The number of rotatable bonds is 3. The van der Waals surface area contributed by atoms with Gasteiger partial charge in [0.25, 0.3) is 0 Å². The first-order valence-corrected chi connectivity index (χ1v) is 10.3. The largest absolute Gasteiger partial charge is 0.467 e. The van der Waals surface area contributed by atoms with E-state index >= 15 is 4.39 Å². The smallest absolute Gasteiger partial charge is 0.318 e. The predicted octanol–water partition coefficient (Wildman–Crippen LogP) is 3.66. The van der Waals surface area contributed by atoms with Gasteiger partial charge in [-0.05, 0) is 11.5 Å². The molecule has 1 saturated heterocycles. The van der Waals surface area contributed by atoms with E-state index in [9.17, 15) is 8.78 Å². The summed E-state index contributed by atoms with van der Waals surface area (Å²) in [4.78, 5) is 15.0. The topological polar surface area (TPSA) is 63.2 Å². The zero-order valence-corrected chi connectivity index (χ0v) is 17.6. The maximum Gasteiger partial charge on any atom is 0.318 e. The Morgan fingerprint density at radius 3 is 2.64 bits per heavy atom. The zero-order valence-electron chi connectivity index (χ0n) is 17.6. The molecule has 0 bridgehead atoms. The molecule has 33 heavy (non-hydrogen) atoms. The minimum Gasteiger partial charge on any atom is -0.467 e. The standard InChI is InChI=1S/C24H18F3N5O/c1-3-14-18-13(11-17(25)19(14)26)5-4-6-15(18)21-20(27)22-16(12-29-21)23(31-24(30-22)33-2)32-9-7-28-8-10-32/h1,4-6,11-12,28H,7-10H2,2H3. The number of anilines is 1. The van der Waals surface area contributed by atoms with Crippen LogP contribution in [-0.4, -0.2) is 48.2 Å². The van der Waals surface area contributed by atoms with E-state index in [2.05, 4.69) is 26.2 Å². The number of fused-ring (bicyclic) bond motifs is 2. The van der Waals surface area contributed by atoms with Gasteiger partial charge in [-0.3, -0.25) is 4.98 Å². The molecule has 3 heterocycles. The Hall–Kier alpha value is -3.90. The first-order valence-electron chi connectivity index (χ1n) is 10.3. The minimum atomic E-state index is -1.16. The molecule has 0 amide bonds. The van der Waals surface area contributed by atoms with Gasteiger partial charge in [0.1, 0.15) is 17.0 Å². The number of pyridine rings is 1. The van der Waals surface area contributed by atoms with Crippen molar-refractivity contribution in [3.63, 3.8) is 0 Å². The van der Waals surface area contributed by atoms with Crippen molar-refractivity contribution in [1.29, 1.82) is 0 Å². The van der Waals surface area contributed by atoms with Gasteiger partial charge in [0.05, 0.1) is 18.1 Å². The van der Waals surface area contributed by atoms with Crippen molar-refractivity contribution in [2.45, 2.75) is 0 Å². The van der Waals surface area contributed by atoms with Gasteiger partial charge in [-0.15, -0.1) is 6.42 Å². The summed E-state index contributed by atoms with van der Waals surface area (Å²) < 4.78 is 49.6. The molecule has 0 atom stereocenters. The van der Waals surface area contributed by atoms with Crippen LogP contribution in [0.1, 0.15) is 5.56 Å². The minimum absolute atomic E-state index is 0.0160. The highest BCUT2D eigenvalue weighted by Gasteiger charge is 2.24. The van der Waals surface area contributed by atoms with E-state index in [1.807, 2.05) is 4.90 Å². The Bertz CT molecular complexity index is 1440. The Labute approximate surface area is 187 Å². The number of nitrogens with zero attached hydrogens (tertiary/aromatic N) is 4. The molecular formula is C24H18F3N5O. The Kier molecular flexibility index (Phi) is 5.23. The van der Waals surface area contributed by atoms with Crippen molar-refractivity contribution in [3.05, 3.63) is 53.5 Å². The van der Waals surface area contributed by atoms with Gasteiger partial charge in [-0.2, -0.15) is 9.97 Å². The van der Waals surface area contributed by atoms with Crippen LogP contribution in [0, 0.1) is 29.8 Å². The third-order valence-corrected chi connectivity index (χ3v) is 5.70. The molecule has 1 aliphatic rings. The Morgan fingerprint density at radius 2 is 1.91 bits per heavy atom. The molecule has 166 valence electrons. The average Bonchev–Trinajstić information content (AvgIpc) is 2.85. The van der Waals surface area contributed by atoms with Crippen LogP contribution in [0.3, 0.4) is 0 Å². The number of methoxy groups -OCH3 is 1. The predicted molar refractivity (Wildman–Crippen MR) is 120 cm³/mol. The number of piperazine rings is 1. The molecule has 0 spiro atoms. The second-order valence-corrected chi connectivity index (χ2v) is 7.55. The van der Waals surface area contributed by atoms with Crippen molar-refractivity contribution in [2.24, 2.45) is 0 Å². The molecule has 0 radical (unpaired) electrons. The molecule has 1 aliphatic heterocycles. The van der Waals surface area contributed by atoms with E-state index in [4.69, 9.17) is 11.2 Å². The fourth-order valence-corrected chi connectivity index (χ4v) is 4.15. The van der Waals surface area contributed by atoms with Gasteiger partial charge >= 0.3 is 6.01 Å². The molecule has 0 saturated carbocycles. The lowest BCUT2D eigenvalue weighted by molar-refractivity contribution is 0.381. The fraction of sp³-hybridized carbons (Fsp3) is 0.208. The lowest BCUT2D eigenvalue weighted by Crippen LogP contribution is -2.44. The number of halogens is 3. The highest BCUT2D eigenvalue weighted by molar-refractivity contribution is 6.02. The molecule has 1 fully saturated rings. The number of hydrogen-bond donors (Lipinski definition) is 1. The fourth-order valence-electron chi connectivity index (χ4n) is 4.15. The summed E-state index contributed by atoms with van der Waals surface area (Å²) in [5.74, 6) is -0.254. The van der Waals surface area contributed by atoms with E-state index < -0.39 is 17.5 Å². The summed E-state index contributed by atoms with van der Waals surface area (Å²) >= 11 is 0. The number of ether oxygens (including phenoxy) is 1. The maximum absolute atomic E-state index is 15.9. The first kappa shape index (κ1) is 21.0. The van der Waals surface area contributed by atoms with Crippen molar-refractivity contribution in [2.75, 3.05) is 38.2 Å². The maximum atomic E-state index is 15.9. The molecule has 2 aromatic heterocycles. The molecule has 4 aromatic rings. The van der Waals surface area contributed by atoms with Crippen molar-refractivity contribution < 1.29 is 17.9 Å². The van der Waals surface area contributed by atoms with Gasteiger partial charge in [-0.1, -0.05) is 24.1 Å². The number of aromatic nitrogens is 3. The second kappa shape index (κ2) is 8.22. The summed E-state index contributed by atoms with van der Waals surface area (Å²) in [7, 11) is 1.41. The Balaban J connectivity index is 1.79. The van der Waals surface area contributed by atoms with Crippen LogP contribution in [0.5, 0.6) is 6.01 Å². The van der Waals surface area contributed by atoms with E-state index in [0.29, 0.717) is 29.7 Å². The summed E-state index contributed by atoms with van der Waals surface area (Å²) in [6.45, 7) is 2.88. The molecule has 2 aromatic carbocycles. The van der Waals surface area contributed by atoms with Crippen LogP contribution in [0.25, 0.3) is 32.9 Å². The van der Waals surface area contributed by atoms with Crippen molar-refractivity contribution in [3.8, 4) is 29.6 Å². The van der Waals surface area contributed by atoms with Crippen LogP contribution in [-0.2, 0) is 0 Å². The Morgan fingerprint density at radius 1 is 1.12 bits per heavy atom. The lowest BCUT2D eigenvalue weighted by Gasteiger charge is -2.29. The summed E-state index contributed by atoms with van der Waals surface area (Å²) in [5.41, 5.74) is -0.117. The van der Waals surface area contributed by atoms with Gasteiger partial charge < -0.3 is 15.0 Å². The van der Waals surface area contributed by atoms with Gasteiger partial charge in [0, 0.05) is 43.3 Å². The molecule has 0 unspecified atom stereocenters. The van der Waals surface area contributed by atoms with Crippen molar-refractivity contribution in [1.82, 2.24) is 20.3 Å². The number of benzene rings is 2. The molecule has 0 aliphatic carbocycles. The highest BCUT2D eigenvalue weighted by atomic mass is 19.2. The summed E-state index contributed by atoms with van der Waals surface area (Å²) in [6.07, 6.45) is 6.97. The van der Waals surface area contributed by atoms with Crippen LogP contribution < -0.4 is 15.0 Å². The zero-order chi connectivity index (χ0) is 23.1. The van der Waals surface area contributed by atoms with E-state index in [0.717, 1.165) is 19.2 Å². The van der Waals surface area contributed by atoms with Crippen LogP contribution in [0.2, 0.25) is 0 Å². The molecule has 9 heteroatoms. The first-order chi connectivity index (χ1) is 16.0. The normalized spacial score (nSPS) is 14.0. The third kappa shape index (κ3) is 3.39. The molecule has 5 rings (SSSR count). The van der Waals surface area contributed by atoms with E-state index in [1.54, 1.807) is 18.2 Å². The van der Waals surface area contributed by atoms with Gasteiger partial charge in [0.2, 0.25) is 0 Å². The lowest BCUT2D eigenvalue weighted by atomic mass is 9.96. The quantitative estimate of drug-likeness (QED) is 0.482. The highest BCUT2D eigenvalue weighted by Crippen LogP contribution is 2.37. The monoisotopic (exact) mass is 449 g/mol.